The lowest BCUT2D eigenvalue weighted by atomic mass is 10.9. The molecule has 0 saturated heterocycles. The Bertz CT molecular complexity index is 180. The monoisotopic (exact) mass is 212 g/mol. The summed E-state index contributed by atoms with van der Waals surface area (Å²) in [6.45, 7) is 0.767. The molecule has 9 heteroatoms. The maximum Gasteiger partial charge on any atom is 0.531 e. The van der Waals surface area contributed by atoms with Gasteiger partial charge in [-0.3, -0.25) is 4.52 Å². The molecule has 1 unspecified atom stereocenters. The molecule has 0 aromatic rings. The van der Waals surface area contributed by atoms with Crippen LogP contribution in [0.15, 0.2) is 0 Å². The van der Waals surface area contributed by atoms with Gasteiger partial charge in [-0.05, 0) is 11.4 Å². The van der Waals surface area contributed by atoms with Crippen LogP contribution in [0, 0.1) is 0 Å². The zero-order valence-electron chi connectivity index (χ0n) is 5.80. The van der Waals surface area contributed by atoms with E-state index in [9.17, 15) is 22.3 Å². The zero-order chi connectivity index (χ0) is 9.83. The second-order valence-electron chi connectivity index (χ2n) is 1.47. The van der Waals surface area contributed by atoms with E-state index in [0.29, 0.717) is 0 Å². The highest BCUT2D eigenvalue weighted by Gasteiger charge is 2.43. The first-order valence-electron chi connectivity index (χ1n) is 2.65. The summed E-state index contributed by atoms with van der Waals surface area (Å²) >= 11 is 0. The summed E-state index contributed by atoms with van der Waals surface area (Å²) in [5.41, 5.74) is 0. The molecule has 1 atom stereocenters. The Morgan fingerprint density at radius 2 is 1.92 bits per heavy atom. The van der Waals surface area contributed by atoms with Gasteiger partial charge < -0.3 is 0 Å². The first kappa shape index (κ1) is 11.8. The highest BCUT2D eigenvalue weighted by Crippen LogP contribution is 2.53. The van der Waals surface area contributed by atoms with Gasteiger partial charge >= 0.3 is 14.2 Å². The van der Waals surface area contributed by atoms with E-state index in [2.05, 4.69) is 13.8 Å². The lowest BCUT2D eigenvalue weighted by Crippen LogP contribution is -2.12. The van der Waals surface area contributed by atoms with Gasteiger partial charge in [0.25, 0.3) is 0 Å². The van der Waals surface area contributed by atoms with E-state index in [1.165, 1.54) is 6.92 Å². The molecule has 0 fully saturated rings. The third kappa shape index (κ3) is 4.66. The van der Waals surface area contributed by atoms with Gasteiger partial charge in [-0.1, -0.05) is 4.73 Å². The zero-order valence-corrected chi connectivity index (χ0v) is 6.69. The number of phosphoric ester groups is 1. The van der Waals surface area contributed by atoms with Gasteiger partial charge in [0.05, 0.1) is 6.61 Å². The quantitative estimate of drug-likeness (QED) is 0.530. The van der Waals surface area contributed by atoms with E-state index < -0.39 is 20.8 Å². The molecule has 0 rings (SSSR count). The number of phosphoric acid groups is 1. The SMILES string of the molecule is CCOP(=O)(OF)OC(F)(F)F. The molecule has 4 nitrogen and oxygen atoms in total. The van der Waals surface area contributed by atoms with Gasteiger partial charge in [0.1, 0.15) is 0 Å². The van der Waals surface area contributed by atoms with Crippen molar-refractivity contribution in [2.45, 2.75) is 13.3 Å². The van der Waals surface area contributed by atoms with Crippen LogP contribution in [0.2, 0.25) is 0 Å². The van der Waals surface area contributed by atoms with E-state index in [1.807, 2.05) is 0 Å². The first-order valence-corrected chi connectivity index (χ1v) is 4.11. The first-order chi connectivity index (χ1) is 5.33. The van der Waals surface area contributed by atoms with Gasteiger partial charge in [0.2, 0.25) is 0 Å². The third-order valence-electron chi connectivity index (χ3n) is 0.587. The van der Waals surface area contributed by atoms with Crippen LogP contribution in [0.25, 0.3) is 0 Å². The summed E-state index contributed by atoms with van der Waals surface area (Å²) in [4.78, 5) is 0. The normalized spacial score (nSPS) is 17.4. The average molecular weight is 212 g/mol. The molecule has 0 radical (unpaired) electrons. The van der Waals surface area contributed by atoms with Crippen LogP contribution < -0.4 is 0 Å². The van der Waals surface area contributed by atoms with Crippen molar-refractivity contribution in [1.82, 2.24) is 0 Å². The van der Waals surface area contributed by atoms with E-state index in [-0.39, 0.29) is 0 Å². The average Bonchev–Trinajstić information content (AvgIpc) is 1.84. The summed E-state index contributed by atoms with van der Waals surface area (Å²) in [5, 5.41) is 0. The van der Waals surface area contributed by atoms with Crippen LogP contribution in [-0.2, 0) is 18.3 Å². The molecule has 0 bridgehead atoms. The molecule has 0 aromatic carbocycles. The lowest BCUT2D eigenvalue weighted by Gasteiger charge is -2.12. The molecule has 0 heterocycles. The molecular weight excluding hydrogens is 207 g/mol. The van der Waals surface area contributed by atoms with Crippen LogP contribution in [0.5, 0.6) is 0 Å². The van der Waals surface area contributed by atoms with Crippen molar-refractivity contribution in [2.75, 3.05) is 6.61 Å². The van der Waals surface area contributed by atoms with Gasteiger partial charge in [0, 0.05) is 0 Å². The molecule has 0 spiro atoms. The Kier molecular flexibility index (Phi) is 4.12. The minimum Gasteiger partial charge on any atom is -0.285 e. The molecule has 0 aliphatic heterocycles. The summed E-state index contributed by atoms with van der Waals surface area (Å²) < 4.78 is 64.7. The summed E-state index contributed by atoms with van der Waals surface area (Å²) in [6.07, 6.45) is -5.27. The van der Waals surface area contributed by atoms with Crippen LogP contribution in [-0.4, -0.2) is 13.0 Å². The van der Waals surface area contributed by atoms with E-state index >= 15 is 0 Å². The molecular formula is C3H5F4O4P. The second kappa shape index (κ2) is 4.18. The van der Waals surface area contributed by atoms with E-state index in [1.54, 1.807) is 0 Å². The molecule has 0 N–H and O–H groups in total. The Morgan fingerprint density at radius 1 is 1.42 bits per heavy atom. The van der Waals surface area contributed by atoms with Crippen LogP contribution in [0.4, 0.5) is 17.7 Å². The van der Waals surface area contributed by atoms with Crippen LogP contribution >= 0.6 is 7.82 Å². The van der Waals surface area contributed by atoms with Crippen molar-refractivity contribution in [3.05, 3.63) is 0 Å². The smallest absolute Gasteiger partial charge is 0.285 e. The second-order valence-corrected chi connectivity index (χ2v) is 2.94. The Labute approximate surface area is 64.9 Å². The molecule has 0 saturated carbocycles. The fourth-order valence-electron chi connectivity index (χ4n) is 0.345. The molecule has 12 heavy (non-hydrogen) atoms. The highest BCUT2D eigenvalue weighted by molar-refractivity contribution is 7.48. The minimum absolute atomic E-state index is 0.433. The van der Waals surface area contributed by atoms with Crippen molar-refractivity contribution in [3.63, 3.8) is 0 Å². The number of halogens is 4. The molecule has 0 aliphatic rings. The molecule has 0 aliphatic carbocycles. The van der Waals surface area contributed by atoms with Gasteiger partial charge in [0.15, 0.2) is 0 Å². The maximum atomic E-state index is 11.3. The fourth-order valence-corrected chi connectivity index (χ4v) is 1.04. The van der Waals surface area contributed by atoms with Crippen molar-refractivity contribution in [2.24, 2.45) is 0 Å². The summed E-state index contributed by atoms with van der Waals surface area (Å²) in [7, 11) is -5.11. The minimum atomic E-state index is -5.27. The predicted molar refractivity (Wildman–Crippen MR) is 28.6 cm³/mol. The topological polar surface area (TPSA) is 44.8 Å². The lowest BCUT2D eigenvalue weighted by molar-refractivity contribution is -0.289. The number of alkyl halides is 3. The number of rotatable bonds is 4. The Hall–Kier alpha value is -0.170. The van der Waals surface area contributed by atoms with Crippen molar-refractivity contribution >= 4 is 7.82 Å². The largest absolute Gasteiger partial charge is 0.531 e. The number of hydrogen-bond acceptors (Lipinski definition) is 4. The fraction of sp³-hybridized carbons (Fsp3) is 1.00. The van der Waals surface area contributed by atoms with Crippen LogP contribution in [0.1, 0.15) is 6.92 Å². The highest BCUT2D eigenvalue weighted by atomic mass is 31.2. The Morgan fingerprint density at radius 3 is 2.17 bits per heavy atom. The summed E-state index contributed by atoms with van der Waals surface area (Å²) in [5.74, 6) is 0. The van der Waals surface area contributed by atoms with Crippen LogP contribution in [0.3, 0.4) is 0 Å². The van der Waals surface area contributed by atoms with Crippen molar-refractivity contribution < 1.29 is 36.0 Å². The van der Waals surface area contributed by atoms with Crippen molar-refractivity contribution in [3.8, 4) is 0 Å². The third-order valence-corrected chi connectivity index (χ3v) is 1.76. The van der Waals surface area contributed by atoms with Gasteiger partial charge in [-0.2, -0.15) is 4.52 Å². The summed E-state index contributed by atoms with van der Waals surface area (Å²) in [6, 6.07) is 0. The molecule has 0 amide bonds. The van der Waals surface area contributed by atoms with Crippen molar-refractivity contribution in [1.29, 1.82) is 0 Å². The standard InChI is InChI=1S/C3H5F4O4P/c1-2-9-12(8,11-7)10-3(4,5)6/h2H2,1H3. The predicted octanol–water partition coefficient (Wildman–Crippen LogP) is 2.57. The molecule has 0 aromatic heterocycles. The van der Waals surface area contributed by atoms with E-state index in [0.717, 1.165) is 0 Å². The molecule has 74 valence electrons. The Balaban J connectivity index is 4.25. The van der Waals surface area contributed by atoms with E-state index in [4.69, 9.17) is 0 Å². The number of hydrogen-bond donors (Lipinski definition) is 0. The van der Waals surface area contributed by atoms with Gasteiger partial charge in [-0.15, -0.1) is 13.2 Å². The maximum absolute atomic E-state index is 11.3. The van der Waals surface area contributed by atoms with Gasteiger partial charge in [-0.25, -0.2) is 4.57 Å².